The number of urea groups is 1. The predicted octanol–water partition coefficient (Wildman–Crippen LogP) is 3.38. The monoisotopic (exact) mass is 434 g/mol. The molecule has 2 N–H and O–H groups in total. The second-order valence-electron chi connectivity index (χ2n) is 7.23. The SMILES string of the molecule is CCOC(=O)C1=C(C)NC(=O)N(NC(=O)c2ccc3oc(C)nc3c2)C1c1ccccc1. The van der Waals surface area contributed by atoms with Crippen molar-refractivity contribution in [3.05, 3.63) is 76.8 Å². The minimum absolute atomic E-state index is 0.175. The molecule has 0 fully saturated rings. The fourth-order valence-corrected chi connectivity index (χ4v) is 3.64. The highest BCUT2D eigenvalue weighted by molar-refractivity contribution is 5.99. The van der Waals surface area contributed by atoms with E-state index in [4.69, 9.17) is 9.15 Å². The lowest BCUT2D eigenvalue weighted by Crippen LogP contribution is -2.56. The number of nitrogens with one attached hydrogen (secondary N) is 2. The van der Waals surface area contributed by atoms with Crippen molar-refractivity contribution in [2.24, 2.45) is 0 Å². The fraction of sp³-hybridized carbons (Fsp3) is 0.217. The zero-order valence-corrected chi connectivity index (χ0v) is 17.8. The van der Waals surface area contributed by atoms with E-state index in [0.29, 0.717) is 28.3 Å². The van der Waals surface area contributed by atoms with Crippen molar-refractivity contribution in [3.8, 4) is 0 Å². The van der Waals surface area contributed by atoms with Crippen LogP contribution in [0, 0.1) is 6.92 Å². The third kappa shape index (κ3) is 3.92. The molecule has 1 aliphatic rings. The number of esters is 1. The topological polar surface area (TPSA) is 114 Å². The summed E-state index contributed by atoms with van der Waals surface area (Å²) in [6, 6.07) is 12.3. The predicted molar refractivity (Wildman–Crippen MR) is 115 cm³/mol. The maximum atomic E-state index is 13.0. The van der Waals surface area contributed by atoms with Crippen molar-refractivity contribution < 1.29 is 23.5 Å². The van der Waals surface area contributed by atoms with Crippen LogP contribution in [0.5, 0.6) is 0 Å². The van der Waals surface area contributed by atoms with Gasteiger partial charge in [-0.05, 0) is 37.6 Å². The number of amides is 3. The average Bonchev–Trinajstić information content (AvgIpc) is 3.15. The molecule has 32 heavy (non-hydrogen) atoms. The summed E-state index contributed by atoms with van der Waals surface area (Å²) >= 11 is 0. The molecule has 164 valence electrons. The normalized spacial score (nSPS) is 16.2. The summed E-state index contributed by atoms with van der Waals surface area (Å²) in [4.78, 5) is 42.9. The number of carbonyl (C=O) groups excluding carboxylic acids is 3. The van der Waals surface area contributed by atoms with Crippen LogP contribution in [0.1, 0.15) is 41.7 Å². The molecule has 1 unspecified atom stereocenters. The zero-order chi connectivity index (χ0) is 22.8. The lowest BCUT2D eigenvalue weighted by Gasteiger charge is -2.37. The summed E-state index contributed by atoms with van der Waals surface area (Å²) in [7, 11) is 0. The van der Waals surface area contributed by atoms with E-state index in [1.807, 2.05) is 6.07 Å². The number of nitrogens with zero attached hydrogens (tertiary/aromatic N) is 2. The molecule has 0 bridgehead atoms. The van der Waals surface area contributed by atoms with E-state index < -0.39 is 23.9 Å². The van der Waals surface area contributed by atoms with Crippen molar-refractivity contribution in [1.29, 1.82) is 0 Å². The largest absolute Gasteiger partial charge is 0.463 e. The number of allylic oxidation sites excluding steroid dienone is 1. The Morgan fingerprint density at radius 2 is 1.94 bits per heavy atom. The molecule has 1 aromatic heterocycles. The van der Waals surface area contributed by atoms with Crippen LogP contribution in [0.15, 0.2) is 64.2 Å². The van der Waals surface area contributed by atoms with Gasteiger partial charge < -0.3 is 14.5 Å². The first kappa shape index (κ1) is 21.1. The summed E-state index contributed by atoms with van der Waals surface area (Å²) in [5, 5.41) is 3.74. The molecule has 9 heteroatoms. The molecule has 9 nitrogen and oxygen atoms in total. The molecule has 2 aromatic carbocycles. The third-order valence-electron chi connectivity index (χ3n) is 5.04. The van der Waals surface area contributed by atoms with Gasteiger partial charge in [-0.3, -0.25) is 10.2 Å². The van der Waals surface area contributed by atoms with Gasteiger partial charge in [0.1, 0.15) is 11.6 Å². The van der Waals surface area contributed by atoms with Crippen molar-refractivity contribution in [3.63, 3.8) is 0 Å². The Bertz CT molecular complexity index is 1230. The smallest absolute Gasteiger partial charge is 0.341 e. The molecule has 0 saturated heterocycles. The molecule has 2 heterocycles. The maximum absolute atomic E-state index is 13.0. The lowest BCUT2D eigenvalue weighted by atomic mass is 9.95. The van der Waals surface area contributed by atoms with Crippen LogP contribution in [0.2, 0.25) is 0 Å². The highest BCUT2D eigenvalue weighted by Crippen LogP contribution is 2.33. The van der Waals surface area contributed by atoms with Crippen LogP contribution in [0.3, 0.4) is 0 Å². The Labute approximate surface area is 184 Å². The van der Waals surface area contributed by atoms with E-state index in [-0.39, 0.29) is 17.7 Å². The molecule has 1 aliphatic heterocycles. The van der Waals surface area contributed by atoms with E-state index in [2.05, 4.69) is 15.7 Å². The van der Waals surface area contributed by atoms with Crippen molar-refractivity contribution in [1.82, 2.24) is 20.7 Å². The van der Waals surface area contributed by atoms with Crippen LogP contribution in [0.25, 0.3) is 11.1 Å². The molecule has 1 atom stereocenters. The fourth-order valence-electron chi connectivity index (χ4n) is 3.64. The van der Waals surface area contributed by atoms with Gasteiger partial charge in [-0.15, -0.1) is 0 Å². The summed E-state index contributed by atoms with van der Waals surface area (Å²) in [5.41, 5.74) is 5.26. The van der Waals surface area contributed by atoms with Gasteiger partial charge in [0.2, 0.25) is 0 Å². The standard InChI is InChI=1S/C23H22N4O5/c1-4-31-22(29)19-13(2)24-23(30)27(20(19)15-8-6-5-7-9-15)26-21(28)16-10-11-18-17(12-16)25-14(3)32-18/h5-12,20H,4H2,1-3H3,(H,24,30)(H,26,28). The average molecular weight is 434 g/mol. The molecule has 3 aromatic rings. The number of oxazole rings is 1. The maximum Gasteiger partial charge on any atom is 0.341 e. The quantitative estimate of drug-likeness (QED) is 0.595. The summed E-state index contributed by atoms with van der Waals surface area (Å²) in [5.74, 6) is -0.624. The molecular weight excluding hydrogens is 412 g/mol. The molecule has 0 saturated carbocycles. The van der Waals surface area contributed by atoms with Crippen molar-refractivity contribution in [2.45, 2.75) is 26.8 Å². The second-order valence-corrected chi connectivity index (χ2v) is 7.23. The number of aromatic nitrogens is 1. The molecule has 0 aliphatic carbocycles. The van der Waals surface area contributed by atoms with Crippen LogP contribution in [0.4, 0.5) is 4.79 Å². The Morgan fingerprint density at radius 1 is 1.19 bits per heavy atom. The van der Waals surface area contributed by atoms with Gasteiger partial charge in [0, 0.05) is 18.2 Å². The number of benzene rings is 2. The van der Waals surface area contributed by atoms with Gasteiger partial charge >= 0.3 is 12.0 Å². The molecule has 3 amide bonds. The molecule has 4 rings (SSSR count). The van der Waals surface area contributed by atoms with Crippen LogP contribution in [-0.2, 0) is 9.53 Å². The number of ether oxygens (including phenoxy) is 1. The summed E-state index contributed by atoms with van der Waals surface area (Å²) in [6.07, 6.45) is 0. The van der Waals surface area contributed by atoms with Gasteiger partial charge in [0.25, 0.3) is 5.91 Å². The number of fused-ring (bicyclic) bond motifs is 1. The van der Waals surface area contributed by atoms with E-state index >= 15 is 0 Å². The molecular formula is C23H22N4O5. The van der Waals surface area contributed by atoms with Gasteiger partial charge in [-0.25, -0.2) is 19.6 Å². The third-order valence-corrected chi connectivity index (χ3v) is 5.04. The van der Waals surface area contributed by atoms with Crippen LogP contribution in [-0.4, -0.2) is 34.5 Å². The van der Waals surface area contributed by atoms with E-state index in [1.165, 1.54) is 0 Å². The molecule has 0 radical (unpaired) electrons. The Hall–Kier alpha value is -4.14. The van der Waals surface area contributed by atoms with E-state index in [9.17, 15) is 14.4 Å². The van der Waals surface area contributed by atoms with Gasteiger partial charge in [0.05, 0.1) is 12.2 Å². The van der Waals surface area contributed by atoms with Gasteiger partial charge in [-0.1, -0.05) is 30.3 Å². The number of carbonyl (C=O) groups is 3. The number of rotatable bonds is 5. The minimum Gasteiger partial charge on any atom is -0.463 e. The number of aryl methyl sites for hydroxylation is 1. The number of hydrazine groups is 1. The summed E-state index contributed by atoms with van der Waals surface area (Å²) < 4.78 is 10.7. The highest BCUT2D eigenvalue weighted by Gasteiger charge is 2.39. The number of hydrogen-bond donors (Lipinski definition) is 2. The minimum atomic E-state index is -0.869. The highest BCUT2D eigenvalue weighted by atomic mass is 16.5. The first-order valence-corrected chi connectivity index (χ1v) is 10.1. The molecule has 0 spiro atoms. The van der Waals surface area contributed by atoms with Crippen LogP contribution < -0.4 is 10.7 Å². The Morgan fingerprint density at radius 3 is 2.66 bits per heavy atom. The summed E-state index contributed by atoms with van der Waals surface area (Å²) in [6.45, 7) is 5.22. The second kappa shape index (κ2) is 8.54. The zero-order valence-electron chi connectivity index (χ0n) is 17.8. The van der Waals surface area contributed by atoms with Gasteiger partial charge in [-0.2, -0.15) is 0 Å². The van der Waals surface area contributed by atoms with Crippen LogP contribution >= 0.6 is 0 Å². The van der Waals surface area contributed by atoms with E-state index in [0.717, 1.165) is 5.01 Å². The van der Waals surface area contributed by atoms with Crippen molar-refractivity contribution >= 4 is 29.0 Å². The number of hydrogen-bond acceptors (Lipinski definition) is 6. The Balaban J connectivity index is 1.72. The van der Waals surface area contributed by atoms with E-state index in [1.54, 1.807) is 63.2 Å². The first-order valence-electron chi connectivity index (χ1n) is 10.1. The van der Waals surface area contributed by atoms with Crippen molar-refractivity contribution in [2.75, 3.05) is 6.61 Å². The first-order chi connectivity index (χ1) is 15.4. The Kier molecular flexibility index (Phi) is 5.63. The lowest BCUT2D eigenvalue weighted by molar-refractivity contribution is -0.139. The van der Waals surface area contributed by atoms with Gasteiger partial charge in [0.15, 0.2) is 11.5 Å².